The lowest BCUT2D eigenvalue weighted by molar-refractivity contribution is -0.143. The molecule has 170 valence electrons. The summed E-state index contributed by atoms with van der Waals surface area (Å²) >= 11 is 4.15. The van der Waals surface area contributed by atoms with Gasteiger partial charge in [0.25, 0.3) is 0 Å². The van der Waals surface area contributed by atoms with Crippen LogP contribution in [0, 0.1) is 11.8 Å². The molecule has 10 heteroatoms. The number of hydrogen-bond acceptors (Lipinski definition) is 7. The zero-order chi connectivity index (χ0) is 22.6. The van der Waals surface area contributed by atoms with Crippen molar-refractivity contribution in [1.29, 1.82) is 0 Å². The van der Waals surface area contributed by atoms with Crippen molar-refractivity contribution >= 4 is 30.4 Å². The van der Waals surface area contributed by atoms with E-state index < -0.39 is 30.0 Å². The Morgan fingerprint density at radius 1 is 1.00 bits per heavy atom. The van der Waals surface area contributed by atoms with E-state index in [2.05, 4.69) is 28.6 Å². The third kappa shape index (κ3) is 9.79. The molecule has 0 aromatic carbocycles. The normalized spacial score (nSPS) is 17.5. The minimum Gasteiger partial charge on any atom is -0.480 e. The summed E-state index contributed by atoms with van der Waals surface area (Å²) in [5.41, 5.74) is 5.88. The average Bonchev–Trinajstić information content (AvgIpc) is 2.70. The van der Waals surface area contributed by atoms with E-state index in [4.69, 9.17) is 10.8 Å². The Hall–Kier alpha value is -1.36. The van der Waals surface area contributed by atoms with Crippen LogP contribution in [0.4, 0.5) is 0 Å². The van der Waals surface area contributed by atoms with Gasteiger partial charge in [0, 0.05) is 31.4 Å². The third-order valence-electron chi connectivity index (χ3n) is 5.16. The molecule has 0 rings (SSSR count). The molecule has 0 aliphatic rings. The molecule has 0 saturated heterocycles. The molecule has 29 heavy (non-hydrogen) atoms. The van der Waals surface area contributed by atoms with Crippen molar-refractivity contribution in [2.45, 2.75) is 71.1 Å². The Bertz CT molecular complexity index is 523. The van der Waals surface area contributed by atoms with Crippen LogP contribution >= 0.6 is 12.6 Å². The summed E-state index contributed by atoms with van der Waals surface area (Å²) in [5.74, 6) is -1.88. The van der Waals surface area contributed by atoms with Crippen molar-refractivity contribution in [3.8, 4) is 0 Å². The number of nitrogens with one attached hydrogen (secondary N) is 3. The first kappa shape index (κ1) is 27.6. The molecular weight excluding hydrogens is 396 g/mol. The molecule has 0 aromatic rings. The number of aliphatic hydroxyl groups excluding tert-OH is 1. The molecule has 6 atom stereocenters. The highest BCUT2D eigenvalue weighted by atomic mass is 32.1. The van der Waals surface area contributed by atoms with Gasteiger partial charge < -0.3 is 31.9 Å². The molecule has 1 unspecified atom stereocenters. The van der Waals surface area contributed by atoms with Gasteiger partial charge in [-0.15, -0.1) is 0 Å². The quantitative estimate of drug-likeness (QED) is 0.175. The van der Waals surface area contributed by atoms with Crippen LogP contribution in [0.1, 0.15) is 47.0 Å². The van der Waals surface area contributed by atoms with E-state index in [1.54, 1.807) is 0 Å². The van der Waals surface area contributed by atoms with Gasteiger partial charge in [-0.05, 0) is 11.8 Å². The van der Waals surface area contributed by atoms with E-state index in [9.17, 15) is 19.5 Å². The average molecular weight is 435 g/mol. The van der Waals surface area contributed by atoms with Gasteiger partial charge in [0.2, 0.25) is 11.8 Å². The number of carbonyl (C=O) groups excluding carboxylic acids is 2. The van der Waals surface area contributed by atoms with Crippen LogP contribution in [-0.2, 0) is 14.4 Å². The topological polar surface area (TPSA) is 154 Å². The van der Waals surface area contributed by atoms with Crippen LogP contribution in [0.15, 0.2) is 0 Å². The number of nitrogens with two attached hydrogens (primary N) is 1. The van der Waals surface area contributed by atoms with E-state index in [0.29, 0.717) is 18.7 Å². The number of carboxylic acid groups (broad SMARTS) is 1. The Morgan fingerprint density at radius 3 is 1.97 bits per heavy atom. The fourth-order valence-corrected chi connectivity index (χ4v) is 2.85. The van der Waals surface area contributed by atoms with Gasteiger partial charge in [-0.2, -0.15) is 12.6 Å². The largest absolute Gasteiger partial charge is 0.480 e. The van der Waals surface area contributed by atoms with E-state index in [-0.39, 0.29) is 36.8 Å². The van der Waals surface area contributed by atoms with Crippen molar-refractivity contribution < 1.29 is 24.6 Å². The lowest BCUT2D eigenvalue weighted by Gasteiger charge is -2.30. The first-order chi connectivity index (χ1) is 13.6. The van der Waals surface area contributed by atoms with Crippen LogP contribution in [-0.4, -0.2) is 71.1 Å². The van der Waals surface area contributed by atoms with Crippen molar-refractivity contribution in [1.82, 2.24) is 16.0 Å². The Kier molecular flexibility index (Phi) is 13.9. The monoisotopic (exact) mass is 434 g/mol. The molecule has 9 nitrogen and oxygen atoms in total. The maximum atomic E-state index is 13.0. The molecule has 0 saturated carbocycles. The molecule has 0 bridgehead atoms. The first-order valence-corrected chi connectivity index (χ1v) is 10.8. The number of aliphatic hydroxyl groups is 1. The van der Waals surface area contributed by atoms with Gasteiger partial charge in [0.1, 0.15) is 12.1 Å². The van der Waals surface area contributed by atoms with Gasteiger partial charge in [0.15, 0.2) is 0 Å². The smallest absolute Gasteiger partial charge is 0.326 e. The predicted molar refractivity (Wildman–Crippen MR) is 116 cm³/mol. The van der Waals surface area contributed by atoms with Gasteiger partial charge in [-0.25, -0.2) is 4.79 Å². The summed E-state index contributed by atoms with van der Waals surface area (Å²) in [6, 6.07) is -2.85. The number of thiol groups is 1. The number of amides is 2. The highest BCUT2D eigenvalue weighted by Gasteiger charge is 2.32. The molecule has 7 N–H and O–H groups in total. The van der Waals surface area contributed by atoms with Crippen LogP contribution in [0.2, 0.25) is 0 Å². The lowest BCUT2D eigenvalue weighted by Crippen LogP contribution is -2.59. The molecule has 0 aliphatic carbocycles. The zero-order valence-corrected chi connectivity index (χ0v) is 18.7. The number of aliphatic carboxylic acids is 1. The minimum atomic E-state index is -1.23. The van der Waals surface area contributed by atoms with Gasteiger partial charge in [-0.3, -0.25) is 9.59 Å². The first-order valence-electron chi connectivity index (χ1n) is 10.2. The highest BCUT2D eigenvalue weighted by Crippen LogP contribution is 2.12. The van der Waals surface area contributed by atoms with Gasteiger partial charge in [-0.1, -0.05) is 40.5 Å². The zero-order valence-electron chi connectivity index (χ0n) is 17.9. The van der Waals surface area contributed by atoms with Crippen LogP contribution in [0.3, 0.4) is 0 Å². The van der Waals surface area contributed by atoms with Crippen LogP contribution in [0.5, 0.6) is 0 Å². The molecule has 0 spiro atoms. The van der Waals surface area contributed by atoms with Crippen molar-refractivity contribution in [2.75, 3.05) is 18.9 Å². The number of hydrogen-bond donors (Lipinski definition) is 7. The molecule has 0 fully saturated rings. The van der Waals surface area contributed by atoms with Crippen molar-refractivity contribution in [3.05, 3.63) is 0 Å². The molecular formula is C19H38N4O5S. The van der Waals surface area contributed by atoms with E-state index in [0.717, 1.165) is 6.42 Å². The second-order valence-corrected chi connectivity index (χ2v) is 7.86. The molecule has 2 amide bonds. The highest BCUT2D eigenvalue weighted by molar-refractivity contribution is 7.80. The fourth-order valence-electron chi connectivity index (χ4n) is 2.72. The summed E-state index contributed by atoms with van der Waals surface area (Å²) in [5, 5.41) is 26.6. The number of carbonyl (C=O) groups is 3. The summed E-state index contributed by atoms with van der Waals surface area (Å²) in [6.45, 7) is 7.64. The second kappa shape index (κ2) is 14.6. The molecule has 0 radical (unpaired) electrons. The van der Waals surface area contributed by atoms with Crippen LogP contribution in [0.25, 0.3) is 0 Å². The van der Waals surface area contributed by atoms with E-state index in [1.165, 1.54) is 0 Å². The number of carboxylic acids is 1. The second-order valence-electron chi connectivity index (χ2n) is 7.50. The summed E-state index contributed by atoms with van der Waals surface area (Å²) in [4.78, 5) is 37.0. The summed E-state index contributed by atoms with van der Waals surface area (Å²) in [7, 11) is 0. The SMILES string of the molecule is CCC(C)[C@H](NC[C@@H](N)CS)C(=O)N[C@H](C(=O)N[C@@H](CCO)C(=O)O)[C@@H](C)CC. The Morgan fingerprint density at radius 2 is 1.52 bits per heavy atom. The standard InChI is InChI=1S/C19H38N4O5S/c1-5-11(3)15(21-9-13(20)10-29)17(25)23-16(12(4)6-2)18(26)22-14(7-8-24)19(27)28/h11-16,21,24,29H,5-10,20H2,1-4H3,(H,22,26)(H,23,25)(H,27,28)/t11?,12-,13+,14-,15-,16-/m0/s1. The molecule has 0 aliphatic heterocycles. The fraction of sp³-hybridized carbons (Fsp3) is 0.842. The lowest BCUT2D eigenvalue weighted by atomic mass is 9.94. The number of rotatable bonds is 15. The van der Waals surface area contributed by atoms with Gasteiger partial charge >= 0.3 is 5.97 Å². The summed E-state index contributed by atoms with van der Waals surface area (Å²) < 4.78 is 0. The van der Waals surface area contributed by atoms with Crippen molar-refractivity contribution in [2.24, 2.45) is 17.6 Å². The minimum absolute atomic E-state index is 0.00363. The van der Waals surface area contributed by atoms with E-state index >= 15 is 0 Å². The Labute approximate surface area is 179 Å². The Balaban J connectivity index is 5.36. The maximum absolute atomic E-state index is 13.0. The van der Waals surface area contributed by atoms with Crippen LogP contribution < -0.4 is 21.7 Å². The molecule has 0 heterocycles. The third-order valence-corrected chi connectivity index (χ3v) is 5.62. The van der Waals surface area contributed by atoms with Crippen molar-refractivity contribution in [3.63, 3.8) is 0 Å². The predicted octanol–water partition coefficient (Wildman–Crippen LogP) is -0.269. The van der Waals surface area contributed by atoms with E-state index in [1.807, 2.05) is 27.7 Å². The maximum Gasteiger partial charge on any atom is 0.326 e. The van der Waals surface area contributed by atoms with Gasteiger partial charge in [0.05, 0.1) is 6.04 Å². The molecule has 0 aromatic heterocycles. The summed E-state index contributed by atoms with van der Waals surface area (Å²) in [6.07, 6.45) is 1.25.